The number of anilines is 1. The SMILES string of the molecule is Nc1ccc(O)cc1[N+](=O)[O-].[H+]. The van der Waals surface area contributed by atoms with Crippen molar-refractivity contribution in [3.05, 3.63) is 28.3 Å². The first-order valence-electron chi connectivity index (χ1n) is 2.84. The highest BCUT2D eigenvalue weighted by Crippen LogP contribution is 2.24. The number of nitro benzene ring substituents is 1. The molecule has 0 aliphatic carbocycles. The van der Waals surface area contributed by atoms with Crippen molar-refractivity contribution in [3.63, 3.8) is 0 Å². The van der Waals surface area contributed by atoms with Gasteiger partial charge in [0.05, 0.1) is 11.0 Å². The van der Waals surface area contributed by atoms with Gasteiger partial charge in [0.25, 0.3) is 5.69 Å². The van der Waals surface area contributed by atoms with E-state index in [0.717, 1.165) is 6.07 Å². The molecular formula is C6H7N2O3+. The number of nitro groups is 1. The lowest BCUT2D eigenvalue weighted by Crippen LogP contribution is -1.94. The molecule has 1 rings (SSSR count). The number of nitrogens with two attached hydrogens (primary N) is 1. The molecule has 1 aromatic carbocycles. The van der Waals surface area contributed by atoms with Crippen LogP contribution in [0.4, 0.5) is 11.4 Å². The quantitative estimate of drug-likeness (QED) is 0.274. The molecule has 11 heavy (non-hydrogen) atoms. The molecule has 0 bridgehead atoms. The number of benzene rings is 1. The summed E-state index contributed by atoms with van der Waals surface area (Å²) in [6, 6.07) is 3.59. The Bertz CT molecular complexity index is 303. The van der Waals surface area contributed by atoms with Gasteiger partial charge in [-0.2, -0.15) is 0 Å². The van der Waals surface area contributed by atoms with Crippen LogP contribution in [0, 0.1) is 10.1 Å². The van der Waals surface area contributed by atoms with Crippen molar-refractivity contribution in [2.45, 2.75) is 0 Å². The van der Waals surface area contributed by atoms with Gasteiger partial charge in [-0.1, -0.05) is 0 Å². The number of aromatic hydroxyl groups is 1. The van der Waals surface area contributed by atoms with Crippen molar-refractivity contribution in [3.8, 4) is 5.75 Å². The molecule has 5 heteroatoms. The number of rotatable bonds is 1. The maximum atomic E-state index is 10.2. The highest BCUT2D eigenvalue weighted by atomic mass is 16.6. The molecule has 58 valence electrons. The second kappa shape index (κ2) is 2.45. The van der Waals surface area contributed by atoms with E-state index >= 15 is 0 Å². The largest absolute Gasteiger partial charge is 1.00 e. The molecule has 0 unspecified atom stereocenters. The summed E-state index contributed by atoms with van der Waals surface area (Å²) in [5, 5.41) is 19.0. The Morgan fingerprint density at radius 3 is 2.73 bits per heavy atom. The summed E-state index contributed by atoms with van der Waals surface area (Å²) in [5.41, 5.74) is 5.01. The maximum absolute atomic E-state index is 10.2. The lowest BCUT2D eigenvalue weighted by Gasteiger charge is -1.95. The van der Waals surface area contributed by atoms with Crippen LogP contribution in [0.1, 0.15) is 1.43 Å². The fourth-order valence-corrected chi connectivity index (χ4v) is 0.690. The van der Waals surface area contributed by atoms with Crippen molar-refractivity contribution in [2.75, 3.05) is 5.73 Å². The zero-order chi connectivity index (χ0) is 8.43. The van der Waals surface area contributed by atoms with Crippen LogP contribution in [0.2, 0.25) is 0 Å². The van der Waals surface area contributed by atoms with Gasteiger partial charge in [0.1, 0.15) is 11.4 Å². The number of nitrogens with zero attached hydrogens (tertiary/aromatic N) is 1. The van der Waals surface area contributed by atoms with Crippen LogP contribution in [0.5, 0.6) is 5.75 Å². The Balaban J connectivity index is 0.00000121. The minimum Gasteiger partial charge on any atom is -0.508 e. The summed E-state index contributed by atoms with van der Waals surface area (Å²) >= 11 is 0. The van der Waals surface area contributed by atoms with Crippen LogP contribution in [0.3, 0.4) is 0 Å². The highest BCUT2D eigenvalue weighted by molar-refractivity contribution is 5.60. The average Bonchev–Trinajstić information content (AvgIpc) is 1.94. The monoisotopic (exact) mass is 155 g/mol. The third-order valence-corrected chi connectivity index (χ3v) is 1.21. The van der Waals surface area contributed by atoms with E-state index in [1.165, 1.54) is 12.1 Å². The Morgan fingerprint density at radius 1 is 1.64 bits per heavy atom. The summed E-state index contributed by atoms with van der Waals surface area (Å²) in [7, 11) is 0. The zero-order valence-electron chi connectivity index (χ0n) is 6.52. The predicted octanol–water partition coefficient (Wildman–Crippen LogP) is 0.995. The summed E-state index contributed by atoms with van der Waals surface area (Å²) in [5.74, 6) is -0.161. The summed E-state index contributed by atoms with van der Waals surface area (Å²) in [6.45, 7) is 0. The molecule has 0 amide bonds. The molecule has 3 N–H and O–H groups in total. The Hall–Kier alpha value is -1.78. The van der Waals surface area contributed by atoms with Crippen LogP contribution in [0.15, 0.2) is 18.2 Å². The van der Waals surface area contributed by atoms with Gasteiger partial charge in [-0.05, 0) is 12.1 Å². The molecule has 0 aromatic heterocycles. The molecule has 0 saturated carbocycles. The molecule has 0 atom stereocenters. The van der Waals surface area contributed by atoms with E-state index in [0.29, 0.717) is 0 Å². The van der Waals surface area contributed by atoms with Gasteiger partial charge in [0, 0.05) is 0 Å². The van der Waals surface area contributed by atoms with E-state index in [4.69, 9.17) is 10.8 Å². The van der Waals surface area contributed by atoms with Crippen molar-refractivity contribution < 1.29 is 11.5 Å². The van der Waals surface area contributed by atoms with Crippen molar-refractivity contribution >= 4 is 11.4 Å². The number of nitrogen functional groups attached to an aromatic ring is 1. The van der Waals surface area contributed by atoms with Crippen LogP contribution < -0.4 is 5.73 Å². The first kappa shape index (κ1) is 7.33. The van der Waals surface area contributed by atoms with Crippen molar-refractivity contribution in [1.82, 2.24) is 0 Å². The molecule has 0 radical (unpaired) electrons. The van der Waals surface area contributed by atoms with Crippen LogP contribution in [-0.2, 0) is 0 Å². The lowest BCUT2D eigenvalue weighted by molar-refractivity contribution is -0.384. The van der Waals surface area contributed by atoms with Crippen LogP contribution in [-0.4, -0.2) is 10.0 Å². The first-order valence-corrected chi connectivity index (χ1v) is 2.84. The van der Waals surface area contributed by atoms with E-state index in [-0.39, 0.29) is 18.6 Å². The van der Waals surface area contributed by atoms with Gasteiger partial charge in [0.2, 0.25) is 0 Å². The van der Waals surface area contributed by atoms with Crippen LogP contribution in [0.25, 0.3) is 0 Å². The van der Waals surface area contributed by atoms with Gasteiger partial charge in [-0.25, -0.2) is 0 Å². The Morgan fingerprint density at radius 2 is 2.27 bits per heavy atom. The zero-order valence-corrected chi connectivity index (χ0v) is 5.52. The maximum Gasteiger partial charge on any atom is 1.00 e. The normalized spacial score (nSPS) is 9.45. The molecule has 0 saturated heterocycles. The van der Waals surface area contributed by atoms with Crippen LogP contribution >= 0.6 is 0 Å². The van der Waals surface area contributed by atoms with Gasteiger partial charge >= 0.3 is 1.43 Å². The van der Waals surface area contributed by atoms with E-state index < -0.39 is 4.92 Å². The van der Waals surface area contributed by atoms with Gasteiger partial charge in [0.15, 0.2) is 0 Å². The molecule has 0 fully saturated rings. The number of hydrogen-bond donors (Lipinski definition) is 2. The standard InChI is InChI=1S/C6H6N2O3/c7-5-2-1-4(9)3-6(5)8(10)11/h1-3,9H,7H2/p+1. The highest BCUT2D eigenvalue weighted by Gasteiger charge is 2.10. The Kier molecular flexibility index (Phi) is 1.63. The molecule has 0 spiro atoms. The summed E-state index contributed by atoms with van der Waals surface area (Å²) in [4.78, 5) is 9.54. The molecule has 0 aliphatic rings. The summed E-state index contributed by atoms with van der Waals surface area (Å²) in [6.07, 6.45) is 0. The number of phenolic OH excluding ortho intramolecular Hbond substituents is 1. The predicted molar refractivity (Wildman–Crippen MR) is 40.3 cm³/mol. The van der Waals surface area contributed by atoms with Gasteiger partial charge in [-0.15, -0.1) is 0 Å². The minimum atomic E-state index is -0.644. The van der Waals surface area contributed by atoms with Gasteiger partial charge in [-0.3, -0.25) is 10.1 Å². The minimum absolute atomic E-state index is 0. The lowest BCUT2D eigenvalue weighted by atomic mass is 10.2. The third kappa shape index (κ3) is 1.37. The fourth-order valence-electron chi connectivity index (χ4n) is 0.690. The third-order valence-electron chi connectivity index (χ3n) is 1.21. The topological polar surface area (TPSA) is 89.4 Å². The number of phenols is 1. The van der Waals surface area contributed by atoms with E-state index in [1.807, 2.05) is 0 Å². The van der Waals surface area contributed by atoms with Crippen molar-refractivity contribution in [1.29, 1.82) is 0 Å². The van der Waals surface area contributed by atoms with E-state index in [1.54, 1.807) is 0 Å². The molecule has 1 aromatic rings. The molecule has 0 heterocycles. The second-order valence-electron chi connectivity index (χ2n) is 2.00. The number of hydrogen-bond acceptors (Lipinski definition) is 4. The molecule has 5 nitrogen and oxygen atoms in total. The first-order chi connectivity index (χ1) is 5.11. The smallest absolute Gasteiger partial charge is 0.508 e. The summed E-state index contributed by atoms with van der Waals surface area (Å²) < 4.78 is 0. The van der Waals surface area contributed by atoms with E-state index in [2.05, 4.69) is 0 Å². The average molecular weight is 155 g/mol. The fraction of sp³-hybridized carbons (Fsp3) is 0. The van der Waals surface area contributed by atoms with E-state index in [9.17, 15) is 10.1 Å². The Labute approximate surface area is 63.7 Å². The second-order valence-corrected chi connectivity index (χ2v) is 2.00. The van der Waals surface area contributed by atoms with Gasteiger partial charge < -0.3 is 10.8 Å². The molecule has 0 aliphatic heterocycles. The van der Waals surface area contributed by atoms with Crippen molar-refractivity contribution in [2.24, 2.45) is 0 Å². The molecular weight excluding hydrogens is 148 g/mol.